The quantitative estimate of drug-likeness (QED) is 0.794. The lowest BCUT2D eigenvalue weighted by atomic mass is 9.76. The number of ether oxygens (including phenoxy) is 1. The van der Waals surface area contributed by atoms with Gasteiger partial charge in [0, 0.05) is 19.3 Å². The third-order valence-corrected chi connectivity index (χ3v) is 4.53. The zero-order valence-corrected chi connectivity index (χ0v) is 10.9. The van der Waals surface area contributed by atoms with Gasteiger partial charge in [-0.15, -0.1) is 0 Å². The molecule has 0 amide bonds. The molecule has 1 aliphatic heterocycles. The minimum absolute atomic E-state index is 0.731. The van der Waals surface area contributed by atoms with E-state index in [0.717, 1.165) is 37.0 Å². The minimum atomic E-state index is 0.731. The molecule has 2 aliphatic rings. The first-order valence-corrected chi connectivity index (χ1v) is 7.04. The van der Waals surface area contributed by atoms with E-state index in [1.807, 2.05) is 0 Å². The smallest absolute Gasteiger partial charge is 0.0495 e. The monoisotopic (exact) mass is 225 g/mol. The third-order valence-electron chi connectivity index (χ3n) is 4.53. The Balaban J connectivity index is 1.82. The van der Waals surface area contributed by atoms with Crippen LogP contribution in [0, 0.1) is 17.8 Å². The van der Waals surface area contributed by atoms with Crippen LogP contribution in [0.4, 0.5) is 0 Å². The summed E-state index contributed by atoms with van der Waals surface area (Å²) in [6.45, 7) is 4.40. The van der Waals surface area contributed by atoms with Gasteiger partial charge in [-0.05, 0) is 50.5 Å². The molecule has 0 bridgehead atoms. The average Bonchev–Trinajstić information content (AvgIpc) is 2.78. The van der Waals surface area contributed by atoms with Crippen LogP contribution >= 0.6 is 0 Å². The van der Waals surface area contributed by atoms with Crippen molar-refractivity contribution in [3.05, 3.63) is 0 Å². The second-order valence-electron chi connectivity index (χ2n) is 5.89. The van der Waals surface area contributed by atoms with Crippen molar-refractivity contribution < 1.29 is 4.74 Å². The van der Waals surface area contributed by atoms with E-state index in [0.29, 0.717) is 0 Å². The summed E-state index contributed by atoms with van der Waals surface area (Å²) in [5, 5.41) is 3.56. The highest BCUT2D eigenvalue weighted by Gasteiger charge is 2.28. The SMILES string of the molecule is CNC(CC1CCOC1)C1CCCC(C)C1. The lowest BCUT2D eigenvalue weighted by Crippen LogP contribution is -2.37. The van der Waals surface area contributed by atoms with Crippen molar-refractivity contribution >= 4 is 0 Å². The zero-order valence-electron chi connectivity index (χ0n) is 10.9. The van der Waals surface area contributed by atoms with Crippen LogP contribution in [-0.4, -0.2) is 26.3 Å². The molecule has 94 valence electrons. The van der Waals surface area contributed by atoms with Crippen molar-refractivity contribution in [1.29, 1.82) is 0 Å². The first-order valence-electron chi connectivity index (χ1n) is 7.04. The zero-order chi connectivity index (χ0) is 11.4. The molecular formula is C14H27NO. The van der Waals surface area contributed by atoms with Crippen LogP contribution in [-0.2, 0) is 4.74 Å². The van der Waals surface area contributed by atoms with Gasteiger partial charge in [-0.25, -0.2) is 0 Å². The van der Waals surface area contributed by atoms with E-state index >= 15 is 0 Å². The van der Waals surface area contributed by atoms with E-state index in [9.17, 15) is 0 Å². The highest BCUT2D eigenvalue weighted by molar-refractivity contribution is 4.83. The van der Waals surface area contributed by atoms with Crippen LogP contribution < -0.4 is 5.32 Å². The lowest BCUT2D eigenvalue weighted by Gasteiger charge is -2.34. The van der Waals surface area contributed by atoms with Crippen LogP contribution in [0.2, 0.25) is 0 Å². The van der Waals surface area contributed by atoms with E-state index in [1.54, 1.807) is 0 Å². The Morgan fingerprint density at radius 3 is 2.81 bits per heavy atom. The standard InChI is InChI=1S/C14H27NO/c1-11-4-3-5-13(8-11)14(15-2)9-12-6-7-16-10-12/h11-15H,3-10H2,1-2H3. The summed E-state index contributed by atoms with van der Waals surface area (Å²) < 4.78 is 5.48. The van der Waals surface area contributed by atoms with Crippen molar-refractivity contribution in [1.82, 2.24) is 5.32 Å². The molecule has 4 atom stereocenters. The van der Waals surface area contributed by atoms with Crippen LogP contribution in [0.5, 0.6) is 0 Å². The maximum Gasteiger partial charge on any atom is 0.0495 e. The maximum atomic E-state index is 5.48. The molecule has 0 spiro atoms. The van der Waals surface area contributed by atoms with Gasteiger partial charge in [0.15, 0.2) is 0 Å². The Hall–Kier alpha value is -0.0800. The summed E-state index contributed by atoms with van der Waals surface area (Å²) in [7, 11) is 2.14. The number of hydrogen-bond acceptors (Lipinski definition) is 2. The Labute approximate surface area is 100 Å². The molecule has 2 rings (SSSR count). The highest BCUT2D eigenvalue weighted by atomic mass is 16.5. The van der Waals surface area contributed by atoms with Crippen LogP contribution in [0.15, 0.2) is 0 Å². The van der Waals surface area contributed by atoms with E-state index in [4.69, 9.17) is 4.74 Å². The van der Waals surface area contributed by atoms with Gasteiger partial charge < -0.3 is 10.1 Å². The molecule has 1 aliphatic carbocycles. The van der Waals surface area contributed by atoms with E-state index in [1.165, 1.54) is 38.5 Å². The predicted molar refractivity (Wildman–Crippen MR) is 67.5 cm³/mol. The number of hydrogen-bond donors (Lipinski definition) is 1. The summed E-state index contributed by atoms with van der Waals surface area (Å²) in [4.78, 5) is 0. The first-order chi connectivity index (χ1) is 7.79. The van der Waals surface area contributed by atoms with Crippen LogP contribution in [0.25, 0.3) is 0 Å². The molecule has 0 aromatic rings. The lowest BCUT2D eigenvalue weighted by molar-refractivity contribution is 0.168. The largest absolute Gasteiger partial charge is 0.381 e. The molecule has 1 heterocycles. The summed E-state index contributed by atoms with van der Waals surface area (Å²) in [6.07, 6.45) is 8.35. The summed E-state index contributed by atoms with van der Waals surface area (Å²) in [6, 6.07) is 0.731. The molecule has 1 N–H and O–H groups in total. The normalized spacial score (nSPS) is 37.5. The van der Waals surface area contributed by atoms with Crippen LogP contribution in [0.3, 0.4) is 0 Å². The Morgan fingerprint density at radius 2 is 2.19 bits per heavy atom. The average molecular weight is 225 g/mol. The van der Waals surface area contributed by atoms with Gasteiger partial charge in [0.2, 0.25) is 0 Å². The topological polar surface area (TPSA) is 21.3 Å². The van der Waals surface area contributed by atoms with Crippen LogP contribution in [0.1, 0.15) is 45.4 Å². The molecule has 1 saturated carbocycles. The number of nitrogens with one attached hydrogen (secondary N) is 1. The molecule has 16 heavy (non-hydrogen) atoms. The molecule has 2 heteroatoms. The molecule has 2 nitrogen and oxygen atoms in total. The fourth-order valence-corrected chi connectivity index (χ4v) is 3.52. The van der Waals surface area contributed by atoms with Gasteiger partial charge >= 0.3 is 0 Å². The van der Waals surface area contributed by atoms with Crippen molar-refractivity contribution in [3.8, 4) is 0 Å². The molecule has 2 fully saturated rings. The third kappa shape index (κ3) is 3.21. The minimum Gasteiger partial charge on any atom is -0.381 e. The van der Waals surface area contributed by atoms with Gasteiger partial charge in [0.1, 0.15) is 0 Å². The summed E-state index contributed by atoms with van der Waals surface area (Å²) in [5.74, 6) is 2.67. The summed E-state index contributed by atoms with van der Waals surface area (Å²) in [5.41, 5.74) is 0. The highest BCUT2D eigenvalue weighted by Crippen LogP contribution is 2.33. The Bertz CT molecular complexity index is 201. The number of rotatable bonds is 4. The Morgan fingerprint density at radius 1 is 1.31 bits per heavy atom. The van der Waals surface area contributed by atoms with Gasteiger partial charge in [-0.2, -0.15) is 0 Å². The fraction of sp³-hybridized carbons (Fsp3) is 1.00. The van der Waals surface area contributed by atoms with E-state index < -0.39 is 0 Å². The van der Waals surface area contributed by atoms with Gasteiger partial charge in [0.25, 0.3) is 0 Å². The van der Waals surface area contributed by atoms with Crippen molar-refractivity contribution in [2.24, 2.45) is 17.8 Å². The van der Waals surface area contributed by atoms with Crippen molar-refractivity contribution in [3.63, 3.8) is 0 Å². The first kappa shape index (κ1) is 12.4. The van der Waals surface area contributed by atoms with Crippen molar-refractivity contribution in [2.45, 2.75) is 51.5 Å². The fourth-order valence-electron chi connectivity index (χ4n) is 3.52. The van der Waals surface area contributed by atoms with Gasteiger partial charge in [0.05, 0.1) is 0 Å². The van der Waals surface area contributed by atoms with Gasteiger partial charge in [-0.1, -0.05) is 19.8 Å². The molecular weight excluding hydrogens is 198 g/mol. The van der Waals surface area contributed by atoms with Gasteiger partial charge in [-0.3, -0.25) is 0 Å². The van der Waals surface area contributed by atoms with E-state index in [2.05, 4.69) is 19.3 Å². The second-order valence-corrected chi connectivity index (χ2v) is 5.89. The molecule has 0 radical (unpaired) electrons. The molecule has 1 saturated heterocycles. The summed E-state index contributed by atoms with van der Waals surface area (Å²) >= 11 is 0. The maximum absolute atomic E-state index is 5.48. The Kier molecular flexibility index (Phi) is 4.66. The molecule has 4 unspecified atom stereocenters. The molecule has 0 aromatic carbocycles. The molecule has 0 aromatic heterocycles. The van der Waals surface area contributed by atoms with E-state index in [-0.39, 0.29) is 0 Å². The predicted octanol–water partition coefficient (Wildman–Crippen LogP) is 2.83. The second kappa shape index (κ2) is 6.02. The van der Waals surface area contributed by atoms with Crippen molar-refractivity contribution in [2.75, 3.05) is 20.3 Å².